The monoisotopic (exact) mass is 691 g/mol. The molecule has 0 spiro atoms. The quantitative estimate of drug-likeness (QED) is 0.370. The molecule has 9 nitrogen and oxygen atoms in total. The van der Waals surface area contributed by atoms with Crippen molar-refractivity contribution in [2.75, 3.05) is 71.4 Å². The molecule has 12 heteroatoms. The second-order valence-corrected chi connectivity index (χ2v) is 17.6. The second kappa shape index (κ2) is 15.5. The van der Waals surface area contributed by atoms with Crippen molar-refractivity contribution < 1.29 is 16.8 Å². The van der Waals surface area contributed by atoms with E-state index in [1.807, 2.05) is 49.3 Å². The van der Waals surface area contributed by atoms with Crippen LogP contribution in [0.5, 0.6) is 0 Å². The van der Waals surface area contributed by atoms with E-state index in [1.165, 1.54) is 45.0 Å². The predicted molar refractivity (Wildman–Crippen MR) is 187 cm³/mol. The Bertz CT molecular complexity index is 1560. The molecular formula is C34H50ClN5O4S2. The minimum atomic E-state index is -3.85. The SMILES string of the molecule is C=C1CN(S(=O)(=O)c2ccc(N(C)C)cc2)CCCN(CC2CCCCC2)CCCN(S(=O)(=O)N2CCc3ccc(Cl)cc3C2)C1. The summed E-state index contributed by atoms with van der Waals surface area (Å²) in [6.07, 6.45) is 8.28. The number of rotatable bonds is 7. The van der Waals surface area contributed by atoms with E-state index in [-0.39, 0.29) is 24.5 Å². The first-order valence-corrected chi connectivity index (χ1v) is 19.8. The third-order valence-corrected chi connectivity index (χ3v) is 13.6. The van der Waals surface area contributed by atoms with Crippen LogP contribution >= 0.6 is 11.6 Å². The van der Waals surface area contributed by atoms with Crippen LogP contribution in [0.3, 0.4) is 0 Å². The molecule has 1 saturated carbocycles. The molecule has 0 atom stereocenters. The van der Waals surface area contributed by atoms with Crippen LogP contribution in [0.4, 0.5) is 5.69 Å². The Labute approximate surface area is 282 Å². The summed E-state index contributed by atoms with van der Waals surface area (Å²) in [6, 6.07) is 12.6. The van der Waals surface area contributed by atoms with E-state index in [0.717, 1.165) is 36.4 Å². The lowest BCUT2D eigenvalue weighted by Gasteiger charge is -2.35. The van der Waals surface area contributed by atoms with E-state index in [1.54, 1.807) is 12.1 Å². The molecule has 2 aromatic carbocycles. The summed E-state index contributed by atoms with van der Waals surface area (Å²) in [5, 5.41) is 0.591. The van der Waals surface area contributed by atoms with Crippen LogP contribution in [-0.4, -0.2) is 101 Å². The summed E-state index contributed by atoms with van der Waals surface area (Å²) in [4.78, 5) is 4.60. The van der Waals surface area contributed by atoms with Crippen molar-refractivity contribution in [1.82, 2.24) is 17.8 Å². The van der Waals surface area contributed by atoms with Gasteiger partial charge in [0.05, 0.1) is 4.90 Å². The normalized spacial score (nSPS) is 21.3. The summed E-state index contributed by atoms with van der Waals surface area (Å²) in [6.45, 7) is 8.20. The molecule has 0 bridgehead atoms. The Morgan fingerprint density at radius 1 is 0.761 bits per heavy atom. The number of anilines is 1. The van der Waals surface area contributed by atoms with Crippen molar-refractivity contribution in [3.63, 3.8) is 0 Å². The maximum atomic E-state index is 14.2. The Kier molecular flexibility index (Phi) is 11.9. The molecule has 1 aliphatic carbocycles. The van der Waals surface area contributed by atoms with Crippen LogP contribution in [0.25, 0.3) is 0 Å². The van der Waals surface area contributed by atoms with Gasteiger partial charge in [-0.2, -0.15) is 21.3 Å². The van der Waals surface area contributed by atoms with Crippen molar-refractivity contribution in [2.45, 2.75) is 62.8 Å². The molecule has 5 rings (SSSR count). The Hall–Kier alpha value is -1.99. The van der Waals surface area contributed by atoms with Gasteiger partial charge >= 0.3 is 0 Å². The van der Waals surface area contributed by atoms with Gasteiger partial charge in [-0.25, -0.2) is 8.42 Å². The minimum Gasteiger partial charge on any atom is -0.378 e. The molecule has 2 fully saturated rings. The van der Waals surface area contributed by atoms with Gasteiger partial charge in [0.15, 0.2) is 0 Å². The predicted octanol–water partition coefficient (Wildman–Crippen LogP) is 5.23. The van der Waals surface area contributed by atoms with Crippen LogP contribution < -0.4 is 4.90 Å². The molecule has 0 N–H and O–H groups in total. The molecule has 3 aliphatic rings. The Balaban J connectivity index is 1.39. The van der Waals surface area contributed by atoms with Gasteiger partial charge in [-0.1, -0.05) is 43.5 Å². The highest BCUT2D eigenvalue weighted by atomic mass is 35.5. The van der Waals surface area contributed by atoms with Gasteiger partial charge in [-0.3, -0.25) is 0 Å². The van der Waals surface area contributed by atoms with Gasteiger partial charge in [0, 0.05) is 70.6 Å². The van der Waals surface area contributed by atoms with Crippen molar-refractivity contribution in [3.8, 4) is 0 Å². The third kappa shape index (κ3) is 8.72. The number of benzene rings is 2. The van der Waals surface area contributed by atoms with Crippen LogP contribution in [-0.2, 0) is 33.2 Å². The van der Waals surface area contributed by atoms with Gasteiger partial charge in [0.25, 0.3) is 10.2 Å². The molecule has 254 valence electrons. The Morgan fingerprint density at radius 2 is 1.39 bits per heavy atom. The molecule has 2 aliphatic heterocycles. The molecule has 0 amide bonds. The average Bonchev–Trinajstić information content (AvgIpc) is 3.03. The number of halogens is 1. The fourth-order valence-corrected chi connectivity index (χ4v) is 10.4. The van der Waals surface area contributed by atoms with Crippen LogP contribution in [0, 0.1) is 5.92 Å². The zero-order valence-corrected chi connectivity index (χ0v) is 29.8. The molecule has 0 unspecified atom stereocenters. The number of hydrogen-bond acceptors (Lipinski definition) is 6. The van der Waals surface area contributed by atoms with E-state index in [0.29, 0.717) is 55.4 Å². The van der Waals surface area contributed by atoms with Crippen molar-refractivity contribution in [1.29, 1.82) is 0 Å². The summed E-state index contributed by atoms with van der Waals surface area (Å²) >= 11 is 6.26. The van der Waals surface area contributed by atoms with Crippen LogP contribution in [0.2, 0.25) is 5.02 Å². The van der Waals surface area contributed by atoms with Gasteiger partial charge in [-0.05, 0) is 104 Å². The minimum absolute atomic E-state index is 0.0604. The zero-order chi connectivity index (χ0) is 32.9. The largest absolute Gasteiger partial charge is 0.378 e. The smallest absolute Gasteiger partial charge is 0.282 e. The fourth-order valence-electron chi connectivity index (χ4n) is 7.00. The fraction of sp³-hybridized carbons (Fsp3) is 0.588. The highest BCUT2D eigenvalue weighted by Crippen LogP contribution is 2.28. The zero-order valence-electron chi connectivity index (χ0n) is 27.4. The lowest BCUT2D eigenvalue weighted by atomic mass is 9.89. The summed E-state index contributed by atoms with van der Waals surface area (Å²) in [5.74, 6) is 0.636. The number of sulfonamides is 1. The Morgan fingerprint density at radius 3 is 2.07 bits per heavy atom. The van der Waals surface area contributed by atoms with E-state index < -0.39 is 20.2 Å². The number of nitrogens with zero attached hydrogens (tertiary/aromatic N) is 5. The van der Waals surface area contributed by atoms with Crippen LogP contribution in [0.1, 0.15) is 56.1 Å². The second-order valence-electron chi connectivity index (χ2n) is 13.3. The summed E-state index contributed by atoms with van der Waals surface area (Å²) in [5.41, 5.74) is 3.51. The first-order chi connectivity index (χ1) is 21.9. The van der Waals surface area contributed by atoms with E-state index in [4.69, 9.17) is 11.6 Å². The molecule has 2 heterocycles. The third-order valence-electron chi connectivity index (χ3n) is 9.59. The van der Waals surface area contributed by atoms with E-state index in [2.05, 4.69) is 11.5 Å². The molecule has 0 radical (unpaired) electrons. The lowest BCUT2D eigenvalue weighted by molar-refractivity contribution is 0.187. The van der Waals surface area contributed by atoms with Gasteiger partial charge in [0.1, 0.15) is 0 Å². The maximum Gasteiger partial charge on any atom is 0.282 e. The maximum absolute atomic E-state index is 14.2. The van der Waals surface area contributed by atoms with Crippen LogP contribution in [0.15, 0.2) is 59.5 Å². The molecule has 0 aromatic heterocycles. The van der Waals surface area contributed by atoms with Gasteiger partial charge in [0.2, 0.25) is 10.0 Å². The summed E-state index contributed by atoms with van der Waals surface area (Å²) in [7, 11) is -3.86. The van der Waals surface area contributed by atoms with Gasteiger partial charge < -0.3 is 9.80 Å². The first kappa shape index (κ1) is 35.3. The lowest BCUT2D eigenvalue weighted by Crippen LogP contribution is -2.48. The number of fused-ring (bicyclic) bond motifs is 1. The first-order valence-electron chi connectivity index (χ1n) is 16.6. The standard InChI is InChI=1S/C34H50ClN5O4S2/c1-28-24-38(45(41,42)34-15-13-33(14-16-34)36(2)3)20-7-18-37(26-29-9-5-4-6-10-29)19-8-21-39(25-28)46(43,44)40-22-17-30-11-12-32(35)23-31(30)27-40/h11-16,23,29H,1,4-10,17-22,24-27H2,2-3H3. The molecule has 2 aromatic rings. The van der Waals surface area contributed by atoms with Crippen molar-refractivity contribution >= 4 is 37.5 Å². The van der Waals surface area contributed by atoms with Gasteiger partial charge in [-0.15, -0.1) is 0 Å². The van der Waals surface area contributed by atoms with Crippen molar-refractivity contribution in [2.24, 2.45) is 5.92 Å². The highest BCUT2D eigenvalue weighted by molar-refractivity contribution is 7.89. The van der Waals surface area contributed by atoms with Crippen molar-refractivity contribution in [3.05, 3.63) is 70.8 Å². The van der Waals surface area contributed by atoms with E-state index >= 15 is 0 Å². The number of hydrogen-bond donors (Lipinski definition) is 0. The average molecular weight is 692 g/mol. The molecular weight excluding hydrogens is 642 g/mol. The molecule has 1 saturated heterocycles. The molecule has 46 heavy (non-hydrogen) atoms. The topological polar surface area (TPSA) is 84.5 Å². The highest BCUT2D eigenvalue weighted by Gasteiger charge is 2.34. The summed E-state index contributed by atoms with van der Waals surface area (Å²) < 4.78 is 61.0. The van der Waals surface area contributed by atoms with E-state index in [9.17, 15) is 16.8 Å².